The Morgan fingerprint density at radius 1 is 0.933 bits per heavy atom. The first-order chi connectivity index (χ1) is 13.8. The van der Waals surface area contributed by atoms with E-state index in [4.69, 9.17) is 10.2 Å². The van der Waals surface area contributed by atoms with Crippen molar-refractivity contribution < 1.29 is 53.1 Å². The van der Waals surface area contributed by atoms with Gasteiger partial charge in [-0.3, -0.25) is 4.79 Å². The molecule has 0 aromatic carbocycles. The lowest BCUT2D eigenvalue weighted by molar-refractivity contribution is -0.148. The molecule has 0 saturated carbocycles. The molecule has 172 valence electrons. The SMILES string of the molecule is COC(=O)[C@@H](C)[C@@H](C)O.COC(=O)[C@H]1NC(=O)O[C@H]1C.C[C@@H]1OC(=O)N[C@@H]1C(=O)O. The van der Waals surface area contributed by atoms with Crippen LogP contribution in [0.2, 0.25) is 0 Å². The number of carboxylic acids is 1. The third-order valence-corrected chi connectivity index (χ3v) is 4.09. The molecule has 0 unspecified atom stereocenters. The number of alkyl carbamates (subject to hydrolysis) is 2. The molecule has 13 nitrogen and oxygen atoms in total. The predicted octanol–water partition coefficient (Wildman–Crippen LogP) is -0.599. The van der Waals surface area contributed by atoms with Crippen molar-refractivity contribution in [3.8, 4) is 0 Å². The van der Waals surface area contributed by atoms with E-state index in [1.54, 1.807) is 20.8 Å². The summed E-state index contributed by atoms with van der Waals surface area (Å²) in [7, 11) is 2.57. The minimum absolute atomic E-state index is 0.370. The molecular formula is C17H28N2O11. The molecular weight excluding hydrogens is 408 g/mol. The third-order valence-electron chi connectivity index (χ3n) is 4.09. The summed E-state index contributed by atoms with van der Waals surface area (Å²) in [6.45, 7) is 6.33. The van der Waals surface area contributed by atoms with E-state index in [-0.39, 0.29) is 5.97 Å². The zero-order valence-corrected chi connectivity index (χ0v) is 17.5. The second kappa shape index (κ2) is 12.5. The predicted molar refractivity (Wildman–Crippen MR) is 98.2 cm³/mol. The summed E-state index contributed by atoms with van der Waals surface area (Å²) in [6.07, 6.45) is -2.90. The van der Waals surface area contributed by atoms with Crippen molar-refractivity contribution in [1.29, 1.82) is 0 Å². The number of nitrogens with one attached hydrogen (secondary N) is 2. The minimum atomic E-state index is -1.07. The average molecular weight is 436 g/mol. The Hall–Kier alpha value is -3.09. The molecule has 0 radical (unpaired) electrons. The number of aliphatic hydroxyl groups is 1. The van der Waals surface area contributed by atoms with E-state index in [0.29, 0.717) is 0 Å². The molecule has 6 atom stereocenters. The van der Waals surface area contributed by atoms with Crippen molar-refractivity contribution in [3.63, 3.8) is 0 Å². The fourth-order valence-corrected chi connectivity index (χ4v) is 2.05. The van der Waals surface area contributed by atoms with Gasteiger partial charge in [-0.05, 0) is 27.7 Å². The number of amides is 2. The Labute approximate surface area is 173 Å². The molecule has 2 heterocycles. The van der Waals surface area contributed by atoms with E-state index in [1.807, 2.05) is 0 Å². The van der Waals surface area contributed by atoms with Gasteiger partial charge in [-0.1, -0.05) is 0 Å². The molecule has 4 N–H and O–H groups in total. The van der Waals surface area contributed by atoms with Crippen LogP contribution in [0.3, 0.4) is 0 Å². The second-order valence-electron chi connectivity index (χ2n) is 6.38. The van der Waals surface area contributed by atoms with E-state index in [2.05, 4.69) is 29.6 Å². The van der Waals surface area contributed by atoms with Crippen LogP contribution in [-0.4, -0.2) is 84.9 Å². The molecule has 2 aliphatic heterocycles. The van der Waals surface area contributed by atoms with E-state index in [1.165, 1.54) is 21.1 Å². The van der Waals surface area contributed by atoms with Gasteiger partial charge in [0, 0.05) is 0 Å². The van der Waals surface area contributed by atoms with Crippen LogP contribution in [0.1, 0.15) is 27.7 Å². The number of cyclic esters (lactones) is 2. The minimum Gasteiger partial charge on any atom is -0.480 e. The van der Waals surface area contributed by atoms with Crippen LogP contribution in [0, 0.1) is 5.92 Å². The molecule has 30 heavy (non-hydrogen) atoms. The van der Waals surface area contributed by atoms with Gasteiger partial charge in [0.1, 0.15) is 12.2 Å². The zero-order chi connectivity index (χ0) is 23.6. The summed E-state index contributed by atoms with van der Waals surface area (Å²) in [6, 6.07) is -1.56. The second-order valence-corrected chi connectivity index (χ2v) is 6.38. The van der Waals surface area contributed by atoms with Gasteiger partial charge in [0.25, 0.3) is 0 Å². The van der Waals surface area contributed by atoms with Crippen LogP contribution in [-0.2, 0) is 33.3 Å². The molecule has 2 aliphatic rings. The summed E-state index contributed by atoms with van der Waals surface area (Å²) in [5, 5.41) is 21.7. The molecule has 2 saturated heterocycles. The summed E-state index contributed by atoms with van der Waals surface area (Å²) >= 11 is 0. The largest absolute Gasteiger partial charge is 0.480 e. The number of carbonyl (C=O) groups excluding carboxylic acids is 4. The standard InChI is InChI=1S/C6H9NO4.C6H12O3.C5H7NO4/c1-3-4(5(8)10-2)7-6(9)11-3;1-4(5(2)7)6(8)9-3;1-2-3(4(7)8)6-5(9)10-2/h3-4H,1-2H3,(H,7,9);4-5,7H,1-3H3;2-3H,1H3,(H,6,9)(H,7,8)/t3-,4-;4-,5+;2-,3-/m000/s1. The van der Waals surface area contributed by atoms with Gasteiger partial charge in [-0.25, -0.2) is 19.2 Å². The van der Waals surface area contributed by atoms with Crippen LogP contribution >= 0.6 is 0 Å². The number of hydrogen-bond donors (Lipinski definition) is 4. The molecule has 2 rings (SSSR count). The molecule has 13 heteroatoms. The fourth-order valence-electron chi connectivity index (χ4n) is 2.05. The summed E-state index contributed by atoms with van der Waals surface area (Å²) < 4.78 is 17.9. The van der Waals surface area contributed by atoms with Crippen molar-refractivity contribution in [2.75, 3.05) is 14.2 Å². The Kier molecular flexibility index (Phi) is 11.2. The highest BCUT2D eigenvalue weighted by Gasteiger charge is 2.37. The topological polar surface area (TPSA) is 187 Å². The van der Waals surface area contributed by atoms with E-state index in [0.717, 1.165) is 0 Å². The lowest BCUT2D eigenvalue weighted by Gasteiger charge is -2.10. The van der Waals surface area contributed by atoms with Crippen molar-refractivity contribution in [2.45, 2.75) is 58.1 Å². The highest BCUT2D eigenvalue weighted by atomic mass is 16.6. The van der Waals surface area contributed by atoms with Gasteiger partial charge in [-0.2, -0.15) is 0 Å². The van der Waals surface area contributed by atoms with E-state index >= 15 is 0 Å². The number of methoxy groups -OCH3 is 2. The fraction of sp³-hybridized carbons (Fsp3) is 0.706. The molecule has 0 spiro atoms. The number of aliphatic carboxylic acids is 1. The summed E-state index contributed by atoms with van der Waals surface area (Å²) in [5.41, 5.74) is 0. The number of aliphatic hydroxyl groups excluding tert-OH is 1. The van der Waals surface area contributed by atoms with Crippen LogP contribution in [0.5, 0.6) is 0 Å². The average Bonchev–Trinajstić information content (AvgIpc) is 3.20. The van der Waals surface area contributed by atoms with Crippen molar-refractivity contribution >= 4 is 30.1 Å². The molecule has 0 aliphatic carbocycles. The van der Waals surface area contributed by atoms with Crippen molar-refractivity contribution in [2.24, 2.45) is 5.92 Å². The Balaban J connectivity index is 0.000000423. The lowest BCUT2D eigenvalue weighted by Crippen LogP contribution is -2.38. The maximum Gasteiger partial charge on any atom is 0.408 e. The molecule has 0 aromatic rings. The Morgan fingerprint density at radius 3 is 1.57 bits per heavy atom. The quantitative estimate of drug-likeness (QED) is 0.325. The van der Waals surface area contributed by atoms with Gasteiger partial charge in [-0.15, -0.1) is 0 Å². The maximum absolute atomic E-state index is 10.9. The third kappa shape index (κ3) is 8.51. The van der Waals surface area contributed by atoms with Crippen molar-refractivity contribution in [3.05, 3.63) is 0 Å². The highest BCUT2D eigenvalue weighted by molar-refractivity contribution is 5.84. The summed E-state index contributed by atoms with van der Waals surface area (Å²) in [4.78, 5) is 52.6. The molecule has 0 bridgehead atoms. The van der Waals surface area contributed by atoms with Gasteiger partial charge in [0.2, 0.25) is 0 Å². The van der Waals surface area contributed by atoms with Crippen LogP contribution < -0.4 is 10.6 Å². The van der Waals surface area contributed by atoms with Crippen LogP contribution in [0.25, 0.3) is 0 Å². The highest BCUT2D eigenvalue weighted by Crippen LogP contribution is 2.09. The first-order valence-corrected chi connectivity index (χ1v) is 8.86. The van der Waals surface area contributed by atoms with Crippen LogP contribution in [0.15, 0.2) is 0 Å². The van der Waals surface area contributed by atoms with Gasteiger partial charge >= 0.3 is 30.1 Å². The van der Waals surface area contributed by atoms with E-state index in [9.17, 15) is 24.0 Å². The number of rotatable bonds is 4. The number of esters is 2. The molecule has 2 fully saturated rings. The lowest BCUT2D eigenvalue weighted by atomic mass is 10.1. The summed E-state index contributed by atoms with van der Waals surface area (Å²) in [5.74, 6) is -2.35. The number of carbonyl (C=O) groups is 5. The van der Waals surface area contributed by atoms with Gasteiger partial charge in [0.05, 0.1) is 26.2 Å². The van der Waals surface area contributed by atoms with E-state index < -0.39 is 60.4 Å². The Morgan fingerprint density at radius 2 is 1.37 bits per heavy atom. The first-order valence-electron chi connectivity index (χ1n) is 8.86. The van der Waals surface area contributed by atoms with Gasteiger partial charge in [0.15, 0.2) is 12.1 Å². The Bertz CT molecular complexity index is 637. The zero-order valence-electron chi connectivity index (χ0n) is 17.5. The van der Waals surface area contributed by atoms with Crippen molar-refractivity contribution in [1.82, 2.24) is 10.6 Å². The molecule has 0 aromatic heterocycles. The smallest absolute Gasteiger partial charge is 0.408 e. The normalized spacial score (nSPS) is 26.0. The maximum atomic E-state index is 10.9. The first kappa shape index (κ1) is 26.9. The van der Waals surface area contributed by atoms with Crippen LogP contribution in [0.4, 0.5) is 9.59 Å². The monoisotopic (exact) mass is 436 g/mol. The number of carboxylic acid groups (broad SMARTS) is 1. The molecule has 2 amide bonds. The van der Waals surface area contributed by atoms with Gasteiger partial charge < -0.3 is 39.8 Å². The number of ether oxygens (including phenoxy) is 4. The number of hydrogen-bond acceptors (Lipinski definition) is 10.